The Hall–Kier alpha value is -3.08. The molecule has 0 bridgehead atoms. The molecule has 0 spiro atoms. The van der Waals surface area contributed by atoms with E-state index in [1.54, 1.807) is 0 Å². The molecule has 2 aromatic carbocycles. The molecule has 0 unspecified atom stereocenters. The molecule has 1 atom stereocenters. The van der Waals surface area contributed by atoms with E-state index in [0.717, 1.165) is 22.0 Å². The van der Waals surface area contributed by atoms with Crippen molar-refractivity contribution >= 4 is 22.8 Å². The Morgan fingerprint density at radius 2 is 1.79 bits per heavy atom. The van der Waals surface area contributed by atoms with E-state index in [-0.39, 0.29) is 5.91 Å². The predicted octanol–water partition coefficient (Wildman–Crippen LogP) is 4.12. The number of hydrogen-bond donors (Lipinski definition) is 2. The van der Waals surface area contributed by atoms with Gasteiger partial charge in [0.2, 0.25) is 5.91 Å². The molecule has 0 aliphatic carbocycles. The Labute approximate surface area is 171 Å². The van der Waals surface area contributed by atoms with Crippen molar-refractivity contribution in [2.24, 2.45) is 0 Å². The maximum Gasteiger partial charge on any atom is 0.328 e. The molecule has 0 saturated carbocycles. The van der Waals surface area contributed by atoms with Gasteiger partial charge in [0.05, 0.1) is 7.11 Å². The summed E-state index contributed by atoms with van der Waals surface area (Å²) in [5.41, 5.74) is 4.36. The number of nitrogens with one attached hydrogen (secondary N) is 2. The van der Waals surface area contributed by atoms with Crippen LogP contribution in [0.4, 0.5) is 0 Å². The Balaban J connectivity index is 1.62. The average molecular weight is 392 g/mol. The van der Waals surface area contributed by atoms with Crippen LogP contribution in [0.5, 0.6) is 0 Å². The molecule has 1 aromatic heterocycles. The second-order valence-corrected chi connectivity index (χ2v) is 7.60. The van der Waals surface area contributed by atoms with E-state index in [9.17, 15) is 9.59 Å². The van der Waals surface area contributed by atoms with Crippen LogP contribution in [0.2, 0.25) is 0 Å². The van der Waals surface area contributed by atoms with Crippen LogP contribution in [-0.2, 0) is 27.2 Å². The smallest absolute Gasteiger partial charge is 0.328 e. The summed E-state index contributed by atoms with van der Waals surface area (Å²) in [6, 6.07) is 15.5. The van der Waals surface area contributed by atoms with Gasteiger partial charge in [-0.1, -0.05) is 56.3 Å². The van der Waals surface area contributed by atoms with Gasteiger partial charge in [-0.15, -0.1) is 0 Å². The van der Waals surface area contributed by atoms with Gasteiger partial charge in [-0.25, -0.2) is 4.79 Å². The largest absolute Gasteiger partial charge is 0.467 e. The Morgan fingerprint density at radius 1 is 1.07 bits per heavy atom. The molecule has 0 radical (unpaired) electrons. The molecular formula is C24H28N2O3. The molecule has 152 valence electrons. The van der Waals surface area contributed by atoms with Gasteiger partial charge < -0.3 is 15.0 Å². The van der Waals surface area contributed by atoms with E-state index in [1.165, 1.54) is 12.7 Å². The molecule has 3 aromatic rings. The molecule has 0 aliphatic rings. The maximum atomic E-state index is 12.5. The highest BCUT2D eigenvalue weighted by atomic mass is 16.5. The normalized spacial score (nSPS) is 12.1. The second kappa shape index (κ2) is 9.41. The summed E-state index contributed by atoms with van der Waals surface area (Å²) in [5, 5.41) is 3.89. The number of fused-ring (bicyclic) bond motifs is 1. The first-order valence-electron chi connectivity index (χ1n) is 9.99. The van der Waals surface area contributed by atoms with Gasteiger partial charge in [0.25, 0.3) is 0 Å². The maximum absolute atomic E-state index is 12.5. The zero-order valence-electron chi connectivity index (χ0n) is 17.2. The number of aromatic amines is 1. The minimum atomic E-state index is -0.713. The minimum Gasteiger partial charge on any atom is -0.467 e. The van der Waals surface area contributed by atoms with E-state index in [4.69, 9.17) is 4.74 Å². The first kappa shape index (κ1) is 20.6. The summed E-state index contributed by atoms with van der Waals surface area (Å²) in [5.74, 6) is -0.115. The number of amides is 1. The number of aromatic nitrogens is 1. The molecule has 5 heteroatoms. The van der Waals surface area contributed by atoms with Gasteiger partial charge in [0, 0.05) is 29.9 Å². The van der Waals surface area contributed by atoms with Crippen LogP contribution in [0.15, 0.2) is 54.7 Å². The number of carbonyl (C=O) groups is 2. The number of H-pyrrole nitrogens is 1. The monoisotopic (exact) mass is 392 g/mol. The molecule has 1 heterocycles. The van der Waals surface area contributed by atoms with E-state index in [1.807, 2.05) is 30.5 Å². The van der Waals surface area contributed by atoms with Gasteiger partial charge >= 0.3 is 5.97 Å². The second-order valence-electron chi connectivity index (χ2n) is 7.60. The molecule has 0 saturated heterocycles. The number of methoxy groups -OCH3 is 1. The predicted molar refractivity (Wildman–Crippen MR) is 115 cm³/mol. The topological polar surface area (TPSA) is 71.2 Å². The van der Waals surface area contributed by atoms with Gasteiger partial charge in [0.15, 0.2) is 0 Å². The Morgan fingerprint density at radius 3 is 2.48 bits per heavy atom. The van der Waals surface area contributed by atoms with Crippen LogP contribution in [-0.4, -0.2) is 30.0 Å². The molecule has 29 heavy (non-hydrogen) atoms. The van der Waals surface area contributed by atoms with Crippen molar-refractivity contribution in [1.82, 2.24) is 10.3 Å². The highest BCUT2D eigenvalue weighted by Gasteiger charge is 2.23. The highest BCUT2D eigenvalue weighted by molar-refractivity contribution is 5.87. The Bertz CT molecular complexity index is 973. The van der Waals surface area contributed by atoms with Gasteiger partial charge in [-0.2, -0.15) is 0 Å². The quantitative estimate of drug-likeness (QED) is 0.567. The van der Waals surface area contributed by atoms with Gasteiger partial charge in [-0.3, -0.25) is 4.79 Å². The standard InChI is InChI=1S/C24H28N2O3/c1-16(2)18-11-8-17(9-12-18)10-13-23(27)26-22(24(28)29-3)14-19-15-25-21-7-5-4-6-20(19)21/h4-9,11-12,15-16,22,25H,10,13-14H2,1-3H3,(H,26,27)/t22-/m1/s1. The fraction of sp³-hybridized carbons (Fsp3) is 0.333. The van der Waals surface area contributed by atoms with Crippen molar-refractivity contribution in [2.45, 2.75) is 45.1 Å². The van der Waals surface area contributed by atoms with Gasteiger partial charge in [-0.05, 0) is 35.1 Å². The Kier molecular flexibility index (Phi) is 6.70. The summed E-state index contributed by atoms with van der Waals surface area (Å²) in [6.07, 6.45) is 3.21. The van der Waals surface area contributed by atoms with Crippen LogP contribution in [0.1, 0.15) is 42.9 Å². The van der Waals surface area contributed by atoms with E-state index < -0.39 is 12.0 Å². The third-order valence-corrected chi connectivity index (χ3v) is 5.21. The van der Waals surface area contributed by atoms with Crippen LogP contribution >= 0.6 is 0 Å². The third-order valence-electron chi connectivity index (χ3n) is 5.21. The van der Waals surface area contributed by atoms with Crippen molar-refractivity contribution in [3.8, 4) is 0 Å². The fourth-order valence-corrected chi connectivity index (χ4v) is 3.45. The number of hydrogen-bond acceptors (Lipinski definition) is 3. The summed E-state index contributed by atoms with van der Waals surface area (Å²) in [6.45, 7) is 4.31. The van der Waals surface area contributed by atoms with Crippen molar-refractivity contribution in [1.29, 1.82) is 0 Å². The number of ether oxygens (including phenoxy) is 1. The van der Waals surface area contributed by atoms with Crippen LogP contribution in [0.3, 0.4) is 0 Å². The lowest BCUT2D eigenvalue weighted by molar-refractivity contribution is -0.145. The van der Waals surface area contributed by atoms with Crippen LogP contribution in [0, 0.1) is 0 Å². The van der Waals surface area contributed by atoms with Crippen molar-refractivity contribution in [2.75, 3.05) is 7.11 Å². The average Bonchev–Trinajstić information content (AvgIpc) is 3.14. The zero-order valence-corrected chi connectivity index (χ0v) is 17.2. The summed E-state index contributed by atoms with van der Waals surface area (Å²) >= 11 is 0. The number of rotatable bonds is 8. The number of para-hydroxylation sites is 1. The van der Waals surface area contributed by atoms with Crippen LogP contribution < -0.4 is 5.32 Å². The summed E-state index contributed by atoms with van der Waals surface area (Å²) < 4.78 is 4.91. The number of benzene rings is 2. The lowest BCUT2D eigenvalue weighted by Gasteiger charge is -2.16. The SMILES string of the molecule is COC(=O)[C@@H](Cc1c[nH]c2ccccc12)NC(=O)CCc1ccc(C(C)C)cc1. The number of esters is 1. The molecule has 1 amide bonds. The lowest BCUT2D eigenvalue weighted by atomic mass is 10.00. The fourth-order valence-electron chi connectivity index (χ4n) is 3.45. The highest BCUT2D eigenvalue weighted by Crippen LogP contribution is 2.20. The molecule has 0 aliphatic heterocycles. The van der Waals surface area contributed by atoms with E-state index >= 15 is 0 Å². The third kappa shape index (κ3) is 5.25. The van der Waals surface area contributed by atoms with Crippen molar-refractivity contribution in [3.05, 3.63) is 71.4 Å². The van der Waals surface area contributed by atoms with Crippen molar-refractivity contribution < 1.29 is 14.3 Å². The molecule has 0 fully saturated rings. The minimum absolute atomic E-state index is 0.159. The molecule has 3 rings (SSSR count). The van der Waals surface area contributed by atoms with E-state index in [0.29, 0.717) is 25.2 Å². The molecular weight excluding hydrogens is 364 g/mol. The molecule has 2 N–H and O–H groups in total. The molecule has 5 nitrogen and oxygen atoms in total. The van der Waals surface area contributed by atoms with Crippen LogP contribution in [0.25, 0.3) is 10.9 Å². The number of carbonyl (C=O) groups excluding carboxylic acids is 2. The summed E-state index contributed by atoms with van der Waals surface area (Å²) in [7, 11) is 1.34. The summed E-state index contributed by atoms with van der Waals surface area (Å²) in [4.78, 5) is 27.9. The van der Waals surface area contributed by atoms with E-state index in [2.05, 4.69) is 48.4 Å². The zero-order chi connectivity index (χ0) is 20.8. The number of aryl methyl sites for hydroxylation is 1. The lowest BCUT2D eigenvalue weighted by Crippen LogP contribution is -2.43. The van der Waals surface area contributed by atoms with Crippen molar-refractivity contribution in [3.63, 3.8) is 0 Å². The first-order valence-corrected chi connectivity index (χ1v) is 9.99. The van der Waals surface area contributed by atoms with Gasteiger partial charge in [0.1, 0.15) is 6.04 Å². The first-order chi connectivity index (χ1) is 14.0.